The summed E-state index contributed by atoms with van der Waals surface area (Å²) in [5.74, 6) is 1.63. The first-order valence-electron chi connectivity index (χ1n) is 7.78. The maximum absolute atomic E-state index is 5.85. The normalized spacial score (nSPS) is 37.6. The van der Waals surface area contributed by atoms with Gasteiger partial charge in [0.1, 0.15) is 0 Å². The molecule has 0 unspecified atom stereocenters. The van der Waals surface area contributed by atoms with Gasteiger partial charge in [0.2, 0.25) is 0 Å². The minimum absolute atomic E-state index is 0.416. The van der Waals surface area contributed by atoms with Gasteiger partial charge < -0.3 is 21.3 Å². The Labute approximate surface area is 119 Å². The molecule has 2 fully saturated rings. The Balaban J connectivity index is 0.000000191. The van der Waals surface area contributed by atoms with Gasteiger partial charge in [0, 0.05) is 38.3 Å². The summed E-state index contributed by atoms with van der Waals surface area (Å²) in [5.41, 5.74) is 11.6. The molecule has 0 spiro atoms. The zero-order valence-corrected chi connectivity index (χ0v) is 13.3. The van der Waals surface area contributed by atoms with Gasteiger partial charge >= 0.3 is 0 Å². The SMILES string of the molecule is CC[C@H]1C[C@H](N)CN(C)C1.C[C@H]1C[C@H](N)CN(C)C1. The summed E-state index contributed by atoms with van der Waals surface area (Å²) in [4.78, 5) is 4.64. The Morgan fingerprint density at radius 3 is 1.84 bits per heavy atom. The summed E-state index contributed by atoms with van der Waals surface area (Å²) in [6.07, 6.45) is 3.70. The van der Waals surface area contributed by atoms with E-state index in [-0.39, 0.29) is 0 Å². The third kappa shape index (κ3) is 6.70. The summed E-state index contributed by atoms with van der Waals surface area (Å²) >= 11 is 0. The van der Waals surface area contributed by atoms with E-state index in [9.17, 15) is 0 Å². The molecular formula is C15H34N4. The minimum atomic E-state index is 0.416. The van der Waals surface area contributed by atoms with Gasteiger partial charge in [-0.25, -0.2) is 0 Å². The van der Waals surface area contributed by atoms with Gasteiger partial charge in [-0.15, -0.1) is 0 Å². The monoisotopic (exact) mass is 270 g/mol. The maximum Gasteiger partial charge on any atom is 0.0170 e. The van der Waals surface area contributed by atoms with E-state index < -0.39 is 0 Å². The van der Waals surface area contributed by atoms with Crippen LogP contribution in [0.4, 0.5) is 0 Å². The van der Waals surface area contributed by atoms with Crippen molar-refractivity contribution in [3.8, 4) is 0 Å². The Morgan fingerprint density at radius 2 is 1.42 bits per heavy atom. The van der Waals surface area contributed by atoms with Crippen LogP contribution in [0.1, 0.15) is 33.1 Å². The standard InChI is InChI=1S/C8H18N2.C7H16N2/c1-3-7-4-8(9)6-10(2)5-7;1-6-3-7(8)5-9(2)4-6/h7-8H,3-6,9H2,1-2H3;6-7H,3-5,8H2,1-2H3/t7-,8-;6-,7-/m00/s1. The van der Waals surface area contributed by atoms with Gasteiger partial charge in [-0.1, -0.05) is 20.3 Å². The second kappa shape index (κ2) is 8.20. The van der Waals surface area contributed by atoms with E-state index in [1.807, 2.05) is 0 Å². The summed E-state index contributed by atoms with van der Waals surface area (Å²) in [6, 6.07) is 0.836. The van der Waals surface area contributed by atoms with Crippen molar-refractivity contribution in [1.29, 1.82) is 0 Å². The molecule has 4 heteroatoms. The van der Waals surface area contributed by atoms with Crippen LogP contribution in [-0.4, -0.2) is 62.2 Å². The van der Waals surface area contributed by atoms with Crippen molar-refractivity contribution in [2.75, 3.05) is 40.3 Å². The highest BCUT2D eigenvalue weighted by Gasteiger charge is 2.20. The van der Waals surface area contributed by atoms with Gasteiger partial charge in [0.05, 0.1) is 0 Å². The predicted molar refractivity (Wildman–Crippen MR) is 83.1 cm³/mol. The fourth-order valence-electron chi connectivity index (χ4n) is 3.46. The van der Waals surface area contributed by atoms with E-state index in [0.717, 1.165) is 24.9 Å². The first-order chi connectivity index (χ1) is 8.90. The van der Waals surface area contributed by atoms with E-state index in [4.69, 9.17) is 11.5 Å². The van der Waals surface area contributed by atoms with Crippen molar-refractivity contribution in [2.24, 2.45) is 23.3 Å². The smallest absolute Gasteiger partial charge is 0.0170 e. The van der Waals surface area contributed by atoms with Crippen molar-refractivity contribution < 1.29 is 0 Å². The zero-order valence-electron chi connectivity index (χ0n) is 13.3. The van der Waals surface area contributed by atoms with Crippen LogP contribution in [0.5, 0.6) is 0 Å². The van der Waals surface area contributed by atoms with E-state index in [1.165, 1.54) is 32.4 Å². The molecular weight excluding hydrogens is 236 g/mol. The lowest BCUT2D eigenvalue weighted by molar-refractivity contribution is 0.185. The van der Waals surface area contributed by atoms with Crippen LogP contribution in [0.3, 0.4) is 0 Å². The second-order valence-electron chi connectivity index (χ2n) is 6.81. The Morgan fingerprint density at radius 1 is 0.895 bits per heavy atom. The van der Waals surface area contributed by atoms with Crippen LogP contribution in [0.25, 0.3) is 0 Å². The molecule has 4 nitrogen and oxygen atoms in total. The number of hydrogen-bond donors (Lipinski definition) is 2. The molecule has 2 heterocycles. The highest BCUT2D eigenvalue weighted by molar-refractivity contribution is 4.78. The number of piperidine rings is 2. The lowest BCUT2D eigenvalue weighted by atomic mass is 9.93. The molecule has 114 valence electrons. The predicted octanol–water partition coefficient (Wildman–Crippen LogP) is 0.961. The van der Waals surface area contributed by atoms with Gasteiger partial charge in [0.15, 0.2) is 0 Å². The number of hydrogen-bond acceptors (Lipinski definition) is 4. The van der Waals surface area contributed by atoms with Gasteiger partial charge in [-0.05, 0) is 38.8 Å². The molecule has 2 rings (SSSR count). The van der Waals surface area contributed by atoms with E-state index >= 15 is 0 Å². The Kier molecular flexibility index (Phi) is 7.29. The average Bonchev–Trinajstić information content (AvgIpc) is 2.26. The van der Waals surface area contributed by atoms with E-state index in [0.29, 0.717) is 12.1 Å². The van der Waals surface area contributed by atoms with Crippen LogP contribution in [-0.2, 0) is 0 Å². The fraction of sp³-hybridized carbons (Fsp3) is 1.00. The van der Waals surface area contributed by atoms with Gasteiger partial charge in [-0.2, -0.15) is 0 Å². The third-order valence-corrected chi connectivity index (χ3v) is 4.20. The van der Waals surface area contributed by atoms with Crippen molar-refractivity contribution >= 4 is 0 Å². The molecule has 4 atom stereocenters. The number of rotatable bonds is 1. The number of likely N-dealkylation sites (tertiary alicyclic amines) is 2. The first-order valence-corrected chi connectivity index (χ1v) is 7.78. The molecule has 0 aliphatic carbocycles. The van der Waals surface area contributed by atoms with Crippen molar-refractivity contribution in [2.45, 2.75) is 45.2 Å². The van der Waals surface area contributed by atoms with Crippen LogP contribution in [0.2, 0.25) is 0 Å². The van der Waals surface area contributed by atoms with Crippen molar-refractivity contribution in [3.63, 3.8) is 0 Å². The molecule has 4 N–H and O–H groups in total. The van der Waals surface area contributed by atoms with Crippen LogP contribution in [0.15, 0.2) is 0 Å². The summed E-state index contributed by atoms with van der Waals surface area (Å²) in [7, 11) is 4.29. The lowest BCUT2D eigenvalue weighted by Gasteiger charge is -2.33. The molecule has 0 amide bonds. The quantitative estimate of drug-likeness (QED) is 0.745. The topological polar surface area (TPSA) is 58.5 Å². The summed E-state index contributed by atoms with van der Waals surface area (Å²) in [6.45, 7) is 9.12. The van der Waals surface area contributed by atoms with E-state index in [2.05, 4.69) is 37.7 Å². The Bertz CT molecular complexity index is 211. The lowest BCUT2D eigenvalue weighted by Crippen LogP contribution is -2.44. The molecule has 0 aromatic carbocycles. The number of likely N-dealkylation sites (N-methyl/N-ethyl adjacent to an activating group) is 2. The highest BCUT2D eigenvalue weighted by atomic mass is 15.1. The largest absolute Gasteiger partial charge is 0.327 e. The van der Waals surface area contributed by atoms with E-state index in [1.54, 1.807) is 0 Å². The molecule has 0 bridgehead atoms. The second-order valence-corrected chi connectivity index (χ2v) is 6.81. The highest BCUT2D eigenvalue weighted by Crippen LogP contribution is 2.16. The van der Waals surface area contributed by atoms with Crippen LogP contribution < -0.4 is 11.5 Å². The molecule has 0 aromatic rings. The molecule has 0 saturated carbocycles. The van der Waals surface area contributed by atoms with Crippen LogP contribution in [0, 0.1) is 11.8 Å². The minimum Gasteiger partial charge on any atom is -0.327 e. The molecule has 19 heavy (non-hydrogen) atoms. The Hall–Kier alpha value is -0.160. The number of nitrogens with zero attached hydrogens (tertiary/aromatic N) is 2. The van der Waals surface area contributed by atoms with Crippen molar-refractivity contribution in [1.82, 2.24) is 9.80 Å². The summed E-state index contributed by atoms with van der Waals surface area (Å²) in [5, 5.41) is 0. The van der Waals surface area contributed by atoms with Gasteiger partial charge in [0.25, 0.3) is 0 Å². The summed E-state index contributed by atoms with van der Waals surface area (Å²) < 4.78 is 0. The molecule has 0 radical (unpaired) electrons. The van der Waals surface area contributed by atoms with Crippen LogP contribution >= 0.6 is 0 Å². The van der Waals surface area contributed by atoms with Gasteiger partial charge in [-0.3, -0.25) is 0 Å². The fourth-order valence-corrected chi connectivity index (χ4v) is 3.46. The average molecular weight is 270 g/mol. The molecule has 0 aromatic heterocycles. The molecule has 2 aliphatic heterocycles. The first kappa shape index (κ1) is 16.9. The zero-order chi connectivity index (χ0) is 14.4. The maximum atomic E-state index is 5.85. The van der Waals surface area contributed by atoms with Crippen molar-refractivity contribution in [3.05, 3.63) is 0 Å². The third-order valence-electron chi connectivity index (χ3n) is 4.20. The number of nitrogens with two attached hydrogens (primary N) is 2. The molecule has 2 aliphatic rings. The molecule has 2 saturated heterocycles.